The van der Waals surface area contributed by atoms with Crippen LogP contribution >= 0.6 is 12.4 Å². The number of halogens is 1. The lowest BCUT2D eigenvalue weighted by Crippen LogP contribution is -2.41. The fourth-order valence-corrected chi connectivity index (χ4v) is 2.24. The number of amides is 1. The molecule has 0 radical (unpaired) electrons. The Kier molecular flexibility index (Phi) is 10.4. The maximum absolute atomic E-state index is 12.4. The summed E-state index contributed by atoms with van der Waals surface area (Å²) in [4.78, 5) is 12.4. The van der Waals surface area contributed by atoms with Crippen molar-refractivity contribution in [3.8, 4) is 11.5 Å². The van der Waals surface area contributed by atoms with Crippen LogP contribution in [0.3, 0.4) is 0 Å². The van der Waals surface area contributed by atoms with Gasteiger partial charge in [0.1, 0.15) is 0 Å². The molecule has 0 aliphatic carbocycles. The van der Waals surface area contributed by atoms with Crippen molar-refractivity contribution in [3.63, 3.8) is 0 Å². The highest BCUT2D eigenvalue weighted by Gasteiger charge is 2.16. The van der Waals surface area contributed by atoms with Gasteiger partial charge in [0.05, 0.1) is 13.2 Å². The van der Waals surface area contributed by atoms with Crippen LogP contribution in [0, 0.1) is 5.92 Å². The summed E-state index contributed by atoms with van der Waals surface area (Å²) in [5.41, 5.74) is 6.28. The van der Waals surface area contributed by atoms with Crippen LogP contribution in [0.1, 0.15) is 44.5 Å². The maximum atomic E-state index is 12.4. The maximum Gasteiger partial charge on any atom is 0.251 e. The van der Waals surface area contributed by atoms with Crippen molar-refractivity contribution in [2.45, 2.75) is 40.2 Å². The predicted molar refractivity (Wildman–Crippen MR) is 95.8 cm³/mol. The Hall–Kier alpha value is -1.46. The molecule has 23 heavy (non-hydrogen) atoms. The second kappa shape index (κ2) is 11.1. The van der Waals surface area contributed by atoms with E-state index >= 15 is 0 Å². The molecule has 0 saturated carbocycles. The number of nitrogens with two attached hydrogens (primary N) is 1. The lowest BCUT2D eigenvalue weighted by Gasteiger charge is -2.19. The third kappa shape index (κ3) is 7.10. The first-order chi connectivity index (χ1) is 10.5. The fraction of sp³-hybridized carbons (Fsp3) is 0.588. The van der Waals surface area contributed by atoms with Crippen molar-refractivity contribution in [2.24, 2.45) is 11.7 Å². The topological polar surface area (TPSA) is 73.6 Å². The first-order valence-electron chi connectivity index (χ1n) is 7.92. The molecule has 1 aromatic rings. The van der Waals surface area contributed by atoms with Gasteiger partial charge in [0.15, 0.2) is 11.5 Å². The van der Waals surface area contributed by atoms with Gasteiger partial charge in [0.25, 0.3) is 5.91 Å². The molecule has 0 saturated heterocycles. The van der Waals surface area contributed by atoms with Gasteiger partial charge >= 0.3 is 0 Å². The number of rotatable bonds is 9. The van der Waals surface area contributed by atoms with Gasteiger partial charge < -0.3 is 20.5 Å². The zero-order valence-corrected chi connectivity index (χ0v) is 15.2. The number of hydrogen-bond acceptors (Lipinski definition) is 4. The Morgan fingerprint density at radius 1 is 1.17 bits per heavy atom. The van der Waals surface area contributed by atoms with Crippen LogP contribution in [0.5, 0.6) is 11.5 Å². The first kappa shape index (κ1) is 21.5. The summed E-state index contributed by atoms with van der Waals surface area (Å²) in [6.45, 7) is 9.53. The van der Waals surface area contributed by atoms with E-state index in [1.54, 1.807) is 18.2 Å². The Labute approximate surface area is 145 Å². The van der Waals surface area contributed by atoms with E-state index in [2.05, 4.69) is 19.2 Å². The van der Waals surface area contributed by atoms with Crippen molar-refractivity contribution in [1.29, 1.82) is 0 Å². The number of hydrogen-bond donors (Lipinski definition) is 2. The van der Waals surface area contributed by atoms with E-state index < -0.39 is 0 Å². The molecule has 1 unspecified atom stereocenters. The van der Waals surface area contributed by atoms with E-state index in [1.807, 2.05) is 13.8 Å². The number of benzene rings is 1. The van der Waals surface area contributed by atoms with Gasteiger partial charge in [-0.15, -0.1) is 12.4 Å². The molecule has 5 nitrogen and oxygen atoms in total. The molecule has 0 aliphatic rings. The van der Waals surface area contributed by atoms with Crippen molar-refractivity contribution in [2.75, 3.05) is 19.8 Å². The van der Waals surface area contributed by atoms with E-state index in [4.69, 9.17) is 15.2 Å². The molecule has 0 heterocycles. The highest BCUT2D eigenvalue weighted by atomic mass is 35.5. The van der Waals surface area contributed by atoms with Crippen LogP contribution in [0.15, 0.2) is 18.2 Å². The van der Waals surface area contributed by atoms with Gasteiger partial charge in [0.2, 0.25) is 0 Å². The van der Waals surface area contributed by atoms with Crippen LogP contribution in [0.25, 0.3) is 0 Å². The molecule has 0 bridgehead atoms. The number of carbonyl (C=O) groups is 1. The molecule has 0 fully saturated rings. The van der Waals surface area contributed by atoms with Crippen LogP contribution in [0.2, 0.25) is 0 Å². The van der Waals surface area contributed by atoms with Gasteiger partial charge in [-0.05, 0) is 44.4 Å². The molecule has 3 N–H and O–H groups in total. The van der Waals surface area contributed by atoms with Crippen molar-refractivity contribution < 1.29 is 14.3 Å². The normalized spacial score (nSPS) is 11.6. The number of carbonyl (C=O) groups excluding carboxylic acids is 1. The molecular formula is C17H29ClN2O3. The summed E-state index contributed by atoms with van der Waals surface area (Å²) in [7, 11) is 0. The van der Waals surface area contributed by atoms with E-state index in [9.17, 15) is 4.79 Å². The Balaban J connectivity index is 0.00000484. The van der Waals surface area contributed by atoms with Crippen LogP contribution in [-0.2, 0) is 0 Å². The fourth-order valence-electron chi connectivity index (χ4n) is 2.24. The second-order valence-corrected chi connectivity index (χ2v) is 5.56. The lowest BCUT2D eigenvalue weighted by atomic mass is 10.0. The number of ether oxygens (including phenoxy) is 2. The van der Waals surface area contributed by atoms with Gasteiger partial charge in [-0.3, -0.25) is 4.79 Å². The van der Waals surface area contributed by atoms with E-state index in [0.717, 1.165) is 6.42 Å². The van der Waals surface area contributed by atoms with Crippen molar-refractivity contribution in [1.82, 2.24) is 5.32 Å². The summed E-state index contributed by atoms with van der Waals surface area (Å²) < 4.78 is 11.0. The summed E-state index contributed by atoms with van der Waals surface area (Å²) in [6, 6.07) is 5.21. The van der Waals surface area contributed by atoms with Crippen LogP contribution in [0.4, 0.5) is 0 Å². The quantitative estimate of drug-likeness (QED) is 0.722. The minimum absolute atomic E-state index is 0. The highest BCUT2D eigenvalue weighted by molar-refractivity contribution is 5.95. The van der Waals surface area contributed by atoms with Gasteiger partial charge in [0, 0.05) is 18.2 Å². The zero-order chi connectivity index (χ0) is 16.5. The third-order valence-corrected chi connectivity index (χ3v) is 3.18. The SMILES string of the molecule is CCOc1ccc(C(=O)NC(CN)CC(C)C)cc1OCC.Cl. The van der Waals surface area contributed by atoms with Crippen LogP contribution < -0.4 is 20.5 Å². The standard InChI is InChI=1S/C17H28N2O3.ClH/c1-5-21-15-8-7-13(10-16(15)22-6-2)17(20)19-14(11-18)9-12(3)4;/h7-8,10,12,14H,5-6,9,11,18H2,1-4H3,(H,19,20);1H. The molecule has 1 aromatic carbocycles. The molecule has 1 amide bonds. The zero-order valence-electron chi connectivity index (χ0n) is 14.4. The van der Waals surface area contributed by atoms with E-state index in [-0.39, 0.29) is 24.4 Å². The van der Waals surface area contributed by atoms with Gasteiger partial charge in [-0.25, -0.2) is 0 Å². The second-order valence-electron chi connectivity index (χ2n) is 5.56. The van der Waals surface area contributed by atoms with Crippen molar-refractivity contribution in [3.05, 3.63) is 23.8 Å². The lowest BCUT2D eigenvalue weighted by molar-refractivity contribution is 0.0933. The average Bonchev–Trinajstić information content (AvgIpc) is 2.48. The molecule has 1 rings (SSSR count). The molecule has 1 atom stereocenters. The average molecular weight is 345 g/mol. The van der Waals surface area contributed by atoms with Crippen molar-refractivity contribution >= 4 is 18.3 Å². The van der Waals surface area contributed by atoms with Gasteiger partial charge in [-0.1, -0.05) is 13.8 Å². The molecule has 0 aromatic heterocycles. The minimum Gasteiger partial charge on any atom is -0.490 e. The smallest absolute Gasteiger partial charge is 0.251 e. The van der Waals surface area contributed by atoms with E-state index in [1.165, 1.54) is 0 Å². The highest BCUT2D eigenvalue weighted by Crippen LogP contribution is 2.28. The Bertz CT molecular complexity index is 481. The molecular weight excluding hydrogens is 316 g/mol. The Morgan fingerprint density at radius 3 is 2.30 bits per heavy atom. The van der Waals surface area contributed by atoms with E-state index in [0.29, 0.717) is 42.7 Å². The third-order valence-electron chi connectivity index (χ3n) is 3.18. The monoisotopic (exact) mass is 344 g/mol. The van der Waals surface area contributed by atoms with Gasteiger partial charge in [-0.2, -0.15) is 0 Å². The molecule has 6 heteroatoms. The number of nitrogens with one attached hydrogen (secondary N) is 1. The minimum atomic E-state index is -0.139. The molecule has 0 aliphatic heterocycles. The molecule has 132 valence electrons. The summed E-state index contributed by atoms with van der Waals surface area (Å²) >= 11 is 0. The summed E-state index contributed by atoms with van der Waals surface area (Å²) in [6.07, 6.45) is 0.859. The molecule has 0 spiro atoms. The Morgan fingerprint density at radius 2 is 1.78 bits per heavy atom. The van der Waals surface area contributed by atoms with Crippen LogP contribution in [-0.4, -0.2) is 31.7 Å². The first-order valence-corrected chi connectivity index (χ1v) is 7.92. The largest absolute Gasteiger partial charge is 0.490 e. The summed E-state index contributed by atoms with van der Waals surface area (Å²) in [5, 5.41) is 2.97. The summed E-state index contributed by atoms with van der Waals surface area (Å²) in [5.74, 6) is 1.58. The predicted octanol–water partition coefficient (Wildman–Crippen LogP) is 3.01.